The molecule has 1 saturated carbocycles. The van der Waals surface area contributed by atoms with E-state index in [1.165, 1.54) is 12.8 Å². The summed E-state index contributed by atoms with van der Waals surface area (Å²) in [4.78, 5) is 4.81. The van der Waals surface area contributed by atoms with Gasteiger partial charge < -0.3 is 14.8 Å². The number of anilines is 1. The van der Waals surface area contributed by atoms with Gasteiger partial charge in [0.2, 0.25) is 0 Å². The summed E-state index contributed by atoms with van der Waals surface area (Å²) in [5, 5.41) is 16.3. The van der Waals surface area contributed by atoms with E-state index in [0.29, 0.717) is 29.6 Å². The number of benzene rings is 2. The minimum atomic E-state index is 0.391. The highest BCUT2D eigenvalue weighted by Crippen LogP contribution is 2.39. The number of H-pyrrole nitrogens is 1. The Morgan fingerprint density at radius 3 is 2.75 bits per heavy atom. The van der Waals surface area contributed by atoms with Gasteiger partial charge >= 0.3 is 0 Å². The zero-order valence-electron chi connectivity index (χ0n) is 18.0. The third kappa shape index (κ3) is 3.76. The van der Waals surface area contributed by atoms with Crippen molar-refractivity contribution in [3.8, 4) is 28.8 Å². The van der Waals surface area contributed by atoms with Crippen LogP contribution in [0.25, 0.3) is 16.9 Å². The number of imidazole rings is 1. The zero-order chi connectivity index (χ0) is 21.9. The third-order valence-electron chi connectivity index (χ3n) is 5.95. The highest BCUT2D eigenvalue weighted by molar-refractivity contribution is 5.82. The molecular weight excluding hydrogens is 402 g/mol. The lowest BCUT2D eigenvalue weighted by molar-refractivity contribution is 0.304. The summed E-state index contributed by atoms with van der Waals surface area (Å²) in [7, 11) is 1.65. The fourth-order valence-electron chi connectivity index (χ4n) is 4.29. The Hall–Kier alpha value is -3.92. The Morgan fingerprint density at radius 2 is 2.00 bits per heavy atom. The van der Waals surface area contributed by atoms with Gasteiger partial charge in [0.25, 0.3) is 0 Å². The average molecular weight is 428 g/mol. The Balaban J connectivity index is 1.50. The van der Waals surface area contributed by atoms with E-state index in [2.05, 4.69) is 16.5 Å². The molecule has 7 heteroatoms. The molecule has 0 bridgehead atoms. The predicted molar refractivity (Wildman–Crippen MR) is 123 cm³/mol. The number of ether oxygens (including phenoxy) is 2. The van der Waals surface area contributed by atoms with Gasteiger partial charge in [-0.1, -0.05) is 43.2 Å². The number of aromatic nitrogens is 3. The van der Waals surface area contributed by atoms with Gasteiger partial charge in [-0.05, 0) is 30.5 Å². The third-order valence-corrected chi connectivity index (χ3v) is 5.95. The van der Waals surface area contributed by atoms with Crippen molar-refractivity contribution in [2.75, 3.05) is 12.4 Å². The summed E-state index contributed by atoms with van der Waals surface area (Å²) in [5.74, 6) is 2.25. The molecule has 0 atom stereocenters. The lowest BCUT2D eigenvalue weighted by Gasteiger charge is -2.16. The number of nitriles is 1. The standard InChI is InChI=1S/C25H25N5O2/c1-31-22-13-20(32-16-17-7-3-2-4-8-17)11-12-21(22)23-25(28-19-9-5-6-10-19)30-24(29-23)18(14-26)15-27-30/h2-4,7-8,11-13,15,19,27-28H,5-6,9-10,16H2,1H3. The van der Waals surface area contributed by atoms with Crippen molar-refractivity contribution in [1.82, 2.24) is 14.6 Å². The van der Waals surface area contributed by atoms with Crippen LogP contribution in [0.4, 0.5) is 5.82 Å². The van der Waals surface area contributed by atoms with Crippen LogP contribution in [0, 0.1) is 11.3 Å². The monoisotopic (exact) mass is 427 g/mol. The number of nitrogens with zero attached hydrogens (tertiary/aromatic N) is 3. The fourth-order valence-corrected chi connectivity index (χ4v) is 4.29. The van der Waals surface area contributed by atoms with Crippen molar-refractivity contribution in [2.45, 2.75) is 38.3 Å². The molecule has 5 rings (SSSR count). The molecule has 162 valence electrons. The summed E-state index contributed by atoms with van der Waals surface area (Å²) in [6.45, 7) is 0.483. The van der Waals surface area contributed by atoms with Crippen molar-refractivity contribution in [3.05, 3.63) is 65.9 Å². The number of methoxy groups -OCH3 is 1. The Bertz CT molecular complexity index is 1260. The van der Waals surface area contributed by atoms with Crippen LogP contribution < -0.4 is 14.8 Å². The molecule has 0 unspecified atom stereocenters. The van der Waals surface area contributed by atoms with Crippen LogP contribution >= 0.6 is 0 Å². The number of rotatable bonds is 7. The van der Waals surface area contributed by atoms with Gasteiger partial charge in [-0.25, -0.2) is 9.50 Å². The second-order valence-corrected chi connectivity index (χ2v) is 8.03. The zero-order valence-corrected chi connectivity index (χ0v) is 18.0. The van der Waals surface area contributed by atoms with Crippen LogP contribution in [0.1, 0.15) is 36.8 Å². The molecule has 1 aliphatic rings. The maximum Gasteiger partial charge on any atom is 0.173 e. The van der Waals surface area contributed by atoms with Gasteiger partial charge in [0.15, 0.2) is 11.5 Å². The number of fused-ring (bicyclic) bond motifs is 1. The van der Waals surface area contributed by atoms with Gasteiger partial charge in [0.1, 0.15) is 35.4 Å². The largest absolute Gasteiger partial charge is 0.496 e. The molecule has 2 aromatic heterocycles. The normalized spacial score (nSPS) is 13.9. The van der Waals surface area contributed by atoms with Crippen LogP contribution in [-0.2, 0) is 6.61 Å². The molecule has 4 aromatic rings. The molecule has 0 spiro atoms. The molecular formula is C25H25N5O2. The number of aromatic amines is 1. The molecule has 0 amide bonds. The van der Waals surface area contributed by atoms with E-state index in [9.17, 15) is 5.26 Å². The van der Waals surface area contributed by atoms with Gasteiger partial charge in [-0.3, -0.25) is 5.10 Å². The summed E-state index contributed by atoms with van der Waals surface area (Å²) >= 11 is 0. The molecule has 2 aromatic carbocycles. The maximum atomic E-state index is 9.48. The molecule has 0 saturated heterocycles. The number of hydrogen-bond acceptors (Lipinski definition) is 5. The van der Waals surface area contributed by atoms with E-state index in [1.807, 2.05) is 53.0 Å². The molecule has 2 heterocycles. The molecule has 0 radical (unpaired) electrons. The minimum absolute atomic E-state index is 0.391. The van der Waals surface area contributed by atoms with Crippen molar-refractivity contribution in [2.24, 2.45) is 0 Å². The van der Waals surface area contributed by atoms with Crippen molar-refractivity contribution < 1.29 is 9.47 Å². The van der Waals surface area contributed by atoms with E-state index in [-0.39, 0.29) is 0 Å². The molecule has 1 fully saturated rings. The quantitative estimate of drug-likeness (QED) is 0.426. The van der Waals surface area contributed by atoms with Crippen LogP contribution in [0.15, 0.2) is 54.7 Å². The SMILES string of the molecule is COc1cc(OCc2ccccc2)ccc1-c1nc2c(C#N)c[nH]n2c1NC1CCCC1. The topological polar surface area (TPSA) is 87.4 Å². The summed E-state index contributed by atoms with van der Waals surface area (Å²) in [6.07, 6.45) is 6.38. The van der Waals surface area contributed by atoms with Crippen LogP contribution in [0.5, 0.6) is 11.5 Å². The van der Waals surface area contributed by atoms with Crippen LogP contribution in [0.2, 0.25) is 0 Å². The summed E-state index contributed by atoms with van der Waals surface area (Å²) in [5.41, 5.74) is 3.82. The van der Waals surface area contributed by atoms with E-state index in [0.717, 1.165) is 41.2 Å². The fraction of sp³-hybridized carbons (Fsp3) is 0.280. The van der Waals surface area contributed by atoms with Gasteiger partial charge in [-0.15, -0.1) is 0 Å². The first-order chi connectivity index (χ1) is 15.8. The smallest absolute Gasteiger partial charge is 0.173 e. The highest BCUT2D eigenvalue weighted by Gasteiger charge is 2.24. The minimum Gasteiger partial charge on any atom is -0.496 e. The Kier molecular flexibility index (Phi) is 5.42. The molecule has 7 nitrogen and oxygen atoms in total. The van der Waals surface area contributed by atoms with Crippen molar-refractivity contribution >= 4 is 11.5 Å². The van der Waals surface area contributed by atoms with Crippen LogP contribution in [-0.4, -0.2) is 27.7 Å². The maximum absolute atomic E-state index is 9.48. The molecule has 1 aliphatic carbocycles. The lowest BCUT2D eigenvalue weighted by atomic mass is 10.1. The molecule has 0 aliphatic heterocycles. The van der Waals surface area contributed by atoms with Crippen molar-refractivity contribution in [3.63, 3.8) is 0 Å². The Labute approximate surface area is 186 Å². The van der Waals surface area contributed by atoms with Gasteiger partial charge in [-0.2, -0.15) is 5.26 Å². The van der Waals surface area contributed by atoms with E-state index in [1.54, 1.807) is 13.3 Å². The van der Waals surface area contributed by atoms with E-state index in [4.69, 9.17) is 14.5 Å². The predicted octanol–water partition coefficient (Wildman–Crippen LogP) is 5.14. The van der Waals surface area contributed by atoms with E-state index >= 15 is 0 Å². The van der Waals surface area contributed by atoms with E-state index < -0.39 is 0 Å². The van der Waals surface area contributed by atoms with Crippen LogP contribution in [0.3, 0.4) is 0 Å². The first-order valence-corrected chi connectivity index (χ1v) is 10.9. The van der Waals surface area contributed by atoms with Gasteiger partial charge in [0, 0.05) is 23.9 Å². The first-order valence-electron chi connectivity index (χ1n) is 10.9. The average Bonchev–Trinajstić information content (AvgIpc) is 3.57. The first kappa shape index (κ1) is 20.0. The van der Waals surface area contributed by atoms with Crippen molar-refractivity contribution in [1.29, 1.82) is 5.26 Å². The summed E-state index contributed by atoms with van der Waals surface area (Å²) in [6, 6.07) is 18.4. The lowest BCUT2D eigenvalue weighted by Crippen LogP contribution is -2.16. The van der Waals surface area contributed by atoms with Gasteiger partial charge in [0.05, 0.1) is 7.11 Å². The summed E-state index contributed by atoms with van der Waals surface area (Å²) < 4.78 is 13.5. The number of hydrogen-bond donors (Lipinski definition) is 2. The second kappa shape index (κ2) is 8.67. The highest BCUT2D eigenvalue weighted by atomic mass is 16.5. The second-order valence-electron chi connectivity index (χ2n) is 8.03. The molecule has 2 N–H and O–H groups in total. The number of nitrogens with one attached hydrogen (secondary N) is 2. The molecule has 32 heavy (non-hydrogen) atoms. The Morgan fingerprint density at radius 1 is 1.19 bits per heavy atom.